The highest BCUT2D eigenvalue weighted by Gasteiger charge is 2.12. The molecule has 0 aliphatic heterocycles. The number of benzene rings is 2. The lowest BCUT2D eigenvalue weighted by Crippen LogP contribution is -2.22. The first-order valence-electron chi connectivity index (χ1n) is 9.87. The van der Waals surface area contributed by atoms with Crippen LogP contribution in [0, 0.1) is 0 Å². The maximum atomic E-state index is 12.4. The zero-order chi connectivity index (χ0) is 21.3. The lowest BCUT2D eigenvalue weighted by Gasteiger charge is -2.09. The summed E-state index contributed by atoms with van der Waals surface area (Å²) in [5.41, 5.74) is 2.07. The summed E-state index contributed by atoms with van der Waals surface area (Å²) in [5, 5.41) is 2.88. The Hall–Kier alpha value is -3.25. The lowest BCUT2D eigenvalue weighted by atomic mass is 10.1. The van der Waals surface area contributed by atoms with Gasteiger partial charge in [0, 0.05) is 6.54 Å². The normalized spacial score (nSPS) is 10.8. The first-order chi connectivity index (χ1) is 14.5. The molecule has 3 aromatic rings. The van der Waals surface area contributed by atoms with Gasteiger partial charge in [0.1, 0.15) is 12.4 Å². The molecule has 6 heteroatoms. The van der Waals surface area contributed by atoms with Crippen LogP contribution in [0.3, 0.4) is 0 Å². The van der Waals surface area contributed by atoms with Crippen LogP contribution in [0.5, 0.6) is 11.5 Å². The van der Waals surface area contributed by atoms with Gasteiger partial charge in [0.15, 0.2) is 17.3 Å². The van der Waals surface area contributed by atoms with Gasteiger partial charge in [0.05, 0.1) is 19.8 Å². The second kappa shape index (κ2) is 10.5. The molecule has 6 nitrogen and oxygen atoms in total. The molecule has 0 radical (unpaired) electrons. The van der Waals surface area contributed by atoms with Crippen LogP contribution < -0.4 is 14.8 Å². The molecule has 0 saturated heterocycles. The van der Waals surface area contributed by atoms with Crippen LogP contribution in [-0.4, -0.2) is 19.1 Å². The van der Waals surface area contributed by atoms with Crippen molar-refractivity contribution in [3.05, 3.63) is 83.3 Å². The first kappa shape index (κ1) is 21.5. The van der Waals surface area contributed by atoms with Crippen LogP contribution >= 0.6 is 0 Å². The Morgan fingerprint density at radius 3 is 2.50 bits per heavy atom. The van der Waals surface area contributed by atoms with Crippen LogP contribution in [0.25, 0.3) is 0 Å². The molecule has 0 spiro atoms. The van der Waals surface area contributed by atoms with E-state index in [0.717, 1.165) is 11.1 Å². The fourth-order valence-electron chi connectivity index (χ4n) is 2.83. The third kappa shape index (κ3) is 6.12. The van der Waals surface area contributed by atoms with E-state index in [-0.39, 0.29) is 24.4 Å². The molecule has 1 N–H and O–H groups in total. The fraction of sp³-hybridized carbons (Fsp3) is 0.292. The van der Waals surface area contributed by atoms with E-state index in [4.69, 9.17) is 18.6 Å². The highest BCUT2D eigenvalue weighted by molar-refractivity contribution is 5.91. The van der Waals surface area contributed by atoms with Gasteiger partial charge in [0.2, 0.25) is 0 Å². The number of carbonyl (C=O) groups excluding carboxylic acids is 1. The summed E-state index contributed by atoms with van der Waals surface area (Å²) < 4.78 is 22.2. The second-order valence-electron chi connectivity index (χ2n) is 7.07. The Morgan fingerprint density at radius 1 is 0.967 bits per heavy atom. The average Bonchev–Trinajstić information content (AvgIpc) is 3.24. The van der Waals surface area contributed by atoms with Gasteiger partial charge in [-0.1, -0.05) is 36.4 Å². The summed E-state index contributed by atoms with van der Waals surface area (Å²) >= 11 is 0. The molecule has 0 fully saturated rings. The molecule has 3 rings (SSSR count). The van der Waals surface area contributed by atoms with Crippen molar-refractivity contribution in [2.75, 3.05) is 7.11 Å². The first-order valence-corrected chi connectivity index (χ1v) is 9.87. The zero-order valence-corrected chi connectivity index (χ0v) is 17.5. The molecule has 0 atom stereocenters. The predicted octanol–water partition coefficient (Wildman–Crippen LogP) is 4.72. The standard InChI is InChI=1S/C24H27NO5/c1-17(2)28-15-19-8-6-7-18(13-19)14-25-24(26)23-12-11-20(30-23)16-29-22-10-5-4-9-21(22)27-3/h4-13,17H,14-16H2,1-3H3,(H,25,26). The second-order valence-corrected chi connectivity index (χ2v) is 7.07. The van der Waals surface area contributed by atoms with Crippen molar-refractivity contribution < 1.29 is 23.4 Å². The van der Waals surface area contributed by atoms with Crippen molar-refractivity contribution in [3.8, 4) is 11.5 Å². The quantitative estimate of drug-likeness (QED) is 0.525. The Labute approximate surface area is 176 Å². The number of nitrogens with one attached hydrogen (secondary N) is 1. The van der Waals surface area contributed by atoms with Gasteiger partial charge in [0.25, 0.3) is 5.91 Å². The van der Waals surface area contributed by atoms with Crippen molar-refractivity contribution in [1.82, 2.24) is 5.32 Å². The highest BCUT2D eigenvalue weighted by atomic mass is 16.5. The largest absolute Gasteiger partial charge is 0.493 e. The van der Waals surface area contributed by atoms with Gasteiger partial charge in [-0.25, -0.2) is 0 Å². The molecular weight excluding hydrogens is 382 g/mol. The topological polar surface area (TPSA) is 69.9 Å². The number of amides is 1. The molecule has 30 heavy (non-hydrogen) atoms. The summed E-state index contributed by atoms with van der Waals surface area (Å²) in [5.74, 6) is 1.78. The number of hydrogen-bond donors (Lipinski definition) is 1. The van der Waals surface area contributed by atoms with Gasteiger partial charge in [-0.15, -0.1) is 0 Å². The number of hydrogen-bond acceptors (Lipinski definition) is 5. The van der Waals surface area contributed by atoms with E-state index in [2.05, 4.69) is 5.32 Å². The summed E-state index contributed by atoms with van der Waals surface area (Å²) in [6.07, 6.45) is 0.175. The predicted molar refractivity (Wildman–Crippen MR) is 114 cm³/mol. The fourth-order valence-corrected chi connectivity index (χ4v) is 2.83. The van der Waals surface area contributed by atoms with Gasteiger partial charge in [-0.3, -0.25) is 4.79 Å². The molecule has 158 valence electrons. The van der Waals surface area contributed by atoms with Crippen molar-refractivity contribution in [2.45, 2.75) is 39.7 Å². The van der Waals surface area contributed by atoms with E-state index in [1.807, 2.05) is 62.4 Å². The molecule has 1 aromatic heterocycles. The Kier molecular flexibility index (Phi) is 7.51. The molecular formula is C24H27NO5. The van der Waals surface area contributed by atoms with Crippen molar-refractivity contribution >= 4 is 5.91 Å². The summed E-state index contributed by atoms with van der Waals surface area (Å²) in [6, 6.07) is 18.7. The van der Waals surface area contributed by atoms with Crippen LogP contribution in [-0.2, 0) is 24.5 Å². The van der Waals surface area contributed by atoms with E-state index in [1.165, 1.54) is 0 Å². The number of methoxy groups -OCH3 is 1. The van der Waals surface area contributed by atoms with Gasteiger partial charge in [-0.05, 0) is 49.2 Å². The Morgan fingerprint density at radius 2 is 1.73 bits per heavy atom. The number of furan rings is 1. The molecule has 0 aliphatic rings. The molecule has 2 aromatic carbocycles. The van der Waals surface area contributed by atoms with E-state index < -0.39 is 0 Å². The molecule has 0 aliphatic carbocycles. The van der Waals surface area contributed by atoms with E-state index in [0.29, 0.717) is 30.4 Å². The minimum Gasteiger partial charge on any atom is -0.493 e. The SMILES string of the molecule is COc1ccccc1OCc1ccc(C(=O)NCc2cccc(COC(C)C)c2)o1. The number of para-hydroxylation sites is 2. The minimum absolute atomic E-state index is 0.175. The van der Waals surface area contributed by atoms with E-state index >= 15 is 0 Å². The summed E-state index contributed by atoms with van der Waals surface area (Å²) in [4.78, 5) is 12.4. The van der Waals surface area contributed by atoms with E-state index in [9.17, 15) is 4.79 Å². The summed E-state index contributed by atoms with van der Waals surface area (Å²) in [6.45, 7) is 5.16. The Bertz CT molecular complexity index is 963. The minimum atomic E-state index is -0.276. The van der Waals surface area contributed by atoms with Crippen molar-refractivity contribution in [1.29, 1.82) is 0 Å². The molecule has 1 heterocycles. The zero-order valence-electron chi connectivity index (χ0n) is 17.5. The number of ether oxygens (including phenoxy) is 3. The molecule has 1 amide bonds. The monoisotopic (exact) mass is 409 g/mol. The third-order valence-electron chi connectivity index (χ3n) is 4.35. The van der Waals surface area contributed by atoms with Gasteiger partial charge < -0.3 is 23.9 Å². The highest BCUT2D eigenvalue weighted by Crippen LogP contribution is 2.26. The maximum absolute atomic E-state index is 12.4. The van der Waals surface area contributed by atoms with Crippen LogP contribution in [0.1, 0.15) is 41.3 Å². The van der Waals surface area contributed by atoms with E-state index in [1.54, 1.807) is 19.2 Å². The number of rotatable bonds is 10. The van der Waals surface area contributed by atoms with Crippen LogP contribution in [0.15, 0.2) is 65.1 Å². The van der Waals surface area contributed by atoms with Crippen molar-refractivity contribution in [3.63, 3.8) is 0 Å². The maximum Gasteiger partial charge on any atom is 0.287 e. The average molecular weight is 409 g/mol. The smallest absolute Gasteiger partial charge is 0.287 e. The molecule has 0 bridgehead atoms. The summed E-state index contributed by atoms with van der Waals surface area (Å²) in [7, 11) is 1.59. The van der Waals surface area contributed by atoms with Crippen LogP contribution in [0.4, 0.5) is 0 Å². The molecule has 0 unspecified atom stereocenters. The van der Waals surface area contributed by atoms with Crippen molar-refractivity contribution in [2.24, 2.45) is 0 Å². The third-order valence-corrected chi connectivity index (χ3v) is 4.35. The number of carbonyl (C=O) groups is 1. The Balaban J connectivity index is 1.52. The van der Waals surface area contributed by atoms with Crippen LogP contribution in [0.2, 0.25) is 0 Å². The van der Waals surface area contributed by atoms with Gasteiger partial charge >= 0.3 is 0 Å². The molecule has 0 saturated carbocycles. The van der Waals surface area contributed by atoms with Gasteiger partial charge in [-0.2, -0.15) is 0 Å². The lowest BCUT2D eigenvalue weighted by molar-refractivity contribution is 0.0657.